The van der Waals surface area contributed by atoms with Crippen LogP contribution in [-0.4, -0.2) is 47.1 Å². The zero-order chi connectivity index (χ0) is 16.6. The summed E-state index contributed by atoms with van der Waals surface area (Å²) in [5.74, 6) is 0.228. The fraction of sp³-hybridized carbons (Fsp3) is 0.357. The second-order valence-electron chi connectivity index (χ2n) is 5.53. The van der Waals surface area contributed by atoms with E-state index in [2.05, 4.69) is 14.8 Å². The normalized spacial score (nSPS) is 19.2. The van der Waals surface area contributed by atoms with Crippen molar-refractivity contribution < 1.29 is 13.2 Å². The van der Waals surface area contributed by atoms with Crippen LogP contribution < -0.4 is 5.32 Å². The fourth-order valence-corrected chi connectivity index (χ4v) is 3.39. The van der Waals surface area contributed by atoms with Gasteiger partial charge < -0.3 is 10.2 Å². The first-order valence-electron chi connectivity index (χ1n) is 7.20. The zero-order valence-corrected chi connectivity index (χ0v) is 13.6. The van der Waals surface area contributed by atoms with Crippen LogP contribution in [0.2, 0.25) is 0 Å². The second kappa shape index (κ2) is 5.65. The number of amides is 1. The van der Waals surface area contributed by atoms with Crippen LogP contribution in [0.25, 0.3) is 0 Å². The highest BCUT2D eigenvalue weighted by Gasteiger charge is 2.30. The van der Waals surface area contributed by atoms with E-state index in [0.29, 0.717) is 5.82 Å². The largest absolute Gasteiger partial charge is 0.331 e. The molecule has 1 N–H and O–H groups in total. The van der Waals surface area contributed by atoms with Gasteiger partial charge in [-0.2, -0.15) is 5.10 Å². The van der Waals surface area contributed by atoms with E-state index in [0.717, 1.165) is 0 Å². The molecule has 8 nitrogen and oxygen atoms in total. The molecule has 0 saturated carbocycles. The lowest BCUT2D eigenvalue weighted by Gasteiger charge is -2.28. The molecule has 0 fully saturated rings. The van der Waals surface area contributed by atoms with Gasteiger partial charge in [0.25, 0.3) is 15.9 Å². The summed E-state index contributed by atoms with van der Waals surface area (Å²) in [5.41, 5.74) is 0.215. The maximum Gasteiger partial charge on any atom is 0.260 e. The minimum Gasteiger partial charge on any atom is -0.331 e. The van der Waals surface area contributed by atoms with Gasteiger partial charge in [0.2, 0.25) is 0 Å². The minimum atomic E-state index is -3.53. The van der Waals surface area contributed by atoms with Crippen LogP contribution in [0.1, 0.15) is 19.9 Å². The Balaban J connectivity index is 1.90. The second-order valence-corrected chi connectivity index (χ2v) is 7.28. The highest BCUT2D eigenvalue weighted by atomic mass is 32.2. The lowest BCUT2D eigenvalue weighted by atomic mass is 10.1. The molecule has 2 aliphatic heterocycles. The van der Waals surface area contributed by atoms with Gasteiger partial charge in [0, 0.05) is 24.9 Å². The van der Waals surface area contributed by atoms with Gasteiger partial charge in [-0.25, -0.2) is 13.1 Å². The van der Waals surface area contributed by atoms with Gasteiger partial charge in [0.05, 0.1) is 17.5 Å². The molecule has 1 amide bonds. The van der Waals surface area contributed by atoms with Crippen molar-refractivity contribution in [1.29, 1.82) is 0 Å². The molecular formula is C14H17N5O3S. The maximum atomic E-state index is 12.5. The summed E-state index contributed by atoms with van der Waals surface area (Å²) in [5, 5.41) is 6.91. The standard InChI is InChI=1S/C14H17N5O3S/c1-10(2)19-12(5-6-15-19)16-14(20)11-4-3-7-18-8-9-23(21,22)17-13(11)18/h3-7,10H,8-9H2,1-2H3,(H,16,20). The Kier molecular flexibility index (Phi) is 3.80. The van der Waals surface area contributed by atoms with E-state index in [4.69, 9.17) is 0 Å². The summed E-state index contributed by atoms with van der Waals surface area (Å²) in [6.07, 6.45) is 6.57. The minimum absolute atomic E-state index is 0.0597. The lowest BCUT2D eigenvalue weighted by Crippen LogP contribution is -2.41. The highest BCUT2D eigenvalue weighted by molar-refractivity contribution is 7.90. The monoisotopic (exact) mass is 335 g/mol. The van der Waals surface area contributed by atoms with Crippen LogP contribution in [0.5, 0.6) is 0 Å². The lowest BCUT2D eigenvalue weighted by molar-refractivity contribution is -0.112. The molecule has 1 aromatic heterocycles. The van der Waals surface area contributed by atoms with E-state index < -0.39 is 15.9 Å². The average molecular weight is 335 g/mol. The number of rotatable bonds is 3. The summed E-state index contributed by atoms with van der Waals surface area (Å²) < 4.78 is 28.9. The molecule has 0 unspecified atom stereocenters. The number of fused-ring (bicyclic) bond motifs is 1. The number of amidine groups is 1. The van der Waals surface area contributed by atoms with E-state index in [1.54, 1.807) is 40.2 Å². The van der Waals surface area contributed by atoms with E-state index in [1.165, 1.54) is 0 Å². The van der Waals surface area contributed by atoms with Crippen molar-refractivity contribution in [2.45, 2.75) is 19.9 Å². The third-order valence-corrected chi connectivity index (χ3v) is 4.65. The first kappa shape index (κ1) is 15.5. The molecular weight excluding hydrogens is 318 g/mol. The van der Waals surface area contributed by atoms with Gasteiger partial charge >= 0.3 is 0 Å². The Morgan fingerprint density at radius 2 is 2.17 bits per heavy atom. The number of anilines is 1. The Morgan fingerprint density at radius 1 is 1.39 bits per heavy atom. The van der Waals surface area contributed by atoms with Gasteiger partial charge in [-0.05, 0) is 26.0 Å². The molecule has 0 bridgehead atoms. The number of sulfonamides is 1. The number of hydrogen-bond donors (Lipinski definition) is 1. The summed E-state index contributed by atoms with van der Waals surface area (Å²) in [7, 11) is -3.53. The van der Waals surface area contributed by atoms with Crippen LogP contribution in [0, 0.1) is 0 Å². The Labute approximate surface area is 134 Å². The SMILES string of the molecule is CC(C)n1nccc1NC(=O)C1=CC=CN2CCS(=O)(=O)N=C12. The zero-order valence-electron chi connectivity index (χ0n) is 12.8. The molecule has 122 valence electrons. The molecule has 0 aliphatic carbocycles. The van der Waals surface area contributed by atoms with Crippen molar-refractivity contribution in [1.82, 2.24) is 14.7 Å². The molecule has 2 aliphatic rings. The van der Waals surface area contributed by atoms with Crippen molar-refractivity contribution in [3.05, 3.63) is 36.2 Å². The van der Waals surface area contributed by atoms with Crippen LogP contribution in [0.4, 0.5) is 5.82 Å². The van der Waals surface area contributed by atoms with Gasteiger partial charge in [0.15, 0.2) is 5.84 Å². The molecule has 3 rings (SSSR count). The van der Waals surface area contributed by atoms with Gasteiger partial charge in [-0.3, -0.25) is 4.79 Å². The molecule has 0 saturated heterocycles. The van der Waals surface area contributed by atoms with Crippen molar-refractivity contribution in [2.75, 3.05) is 17.6 Å². The smallest absolute Gasteiger partial charge is 0.260 e. The molecule has 0 radical (unpaired) electrons. The molecule has 0 spiro atoms. The topological polar surface area (TPSA) is 96.7 Å². The molecule has 3 heterocycles. The van der Waals surface area contributed by atoms with Crippen LogP contribution in [-0.2, 0) is 14.8 Å². The van der Waals surface area contributed by atoms with E-state index in [-0.39, 0.29) is 29.7 Å². The Hall–Kier alpha value is -2.42. The maximum absolute atomic E-state index is 12.5. The van der Waals surface area contributed by atoms with E-state index in [1.807, 2.05) is 13.8 Å². The molecule has 0 atom stereocenters. The van der Waals surface area contributed by atoms with Crippen molar-refractivity contribution >= 4 is 27.6 Å². The van der Waals surface area contributed by atoms with Crippen molar-refractivity contribution in [3.8, 4) is 0 Å². The number of nitrogens with zero attached hydrogens (tertiary/aromatic N) is 4. The molecule has 1 aromatic rings. The number of aromatic nitrogens is 2. The predicted molar refractivity (Wildman–Crippen MR) is 86.4 cm³/mol. The Morgan fingerprint density at radius 3 is 2.91 bits per heavy atom. The first-order chi connectivity index (χ1) is 10.9. The molecule has 9 heteroatoms. The highest BCUT2D eigenvalue weighted by Crippen LogP contribution is 2.20. The van der Waals surface area contributed by atoms with Gasteiger partial charge in [0.1, 0.15) is 5.82 Å². The van der Waals surface area contributed by atoms with Crippen molar-refractivity contribution in [3.63, 3.8) is 0 Å². The van der Waals surface area contributed by atoms with Crippen molar-refractivity contribution in [2.24, 2.45) is 4.40 Å². The van der Waals surface area contributed by atoms with Crippen LogP contribution in [0.15, 0.2) is 40.6 Å². The molecule has 23 heavy (non-hydrogen) atoms. The number of carbonyl (C=O) groups is 1. The number of hydrogen-bond acceptors (Lipinski definition) is 5. The average Bonchev–Trinajstić information content (AvgIpc) is 2.94. The van der Waals surface area contributed by atoms with Crippen LogP contribution >= 0.6 is 0 Å². The predicted octanol–water partition coefficient (Wildman–Crippen LogP) is 0.900. The Bertz CT molecular complexity index is 832. The first-order valence-corrected chi connectivity index (χ1v) is 8.81. The quantitative estimate of drug-likeness (QED) is 0.885. The van der Waals surface area contributed by atoms with E-state index >= 15 is 0 Å². The van der Waals surface area contributed by atoms with E-state index in [9.17, 15) is 13.2 Å². The van der Waals surface area contributed by atoms with Gasteiger partial charge in [-0.15, -0.1) is 4.40 Å². The van der Waals surface area contributed by atoms with Crippen LogP contribution in [0.3, 0.4) is 0 Å². The summed E-state index contributed by atoms with van der Waals surface area (Å²) >= 11 is 0. The third kappa shape index (κ3) is 3.04. The number of allylic oxidation sites excluding steroid dienone is 2. The summed E-state index contributed by atoms with van der Waals surface area (Å²) in [6.45, 7) is 4.18. The number of carbonyl (C=O) groups excluding carboxylic acids is 1. The summed E-state index contributed by atoms with van der Waals surface area (Å²) in [6, 6.07) is 1.78. The third-order valence-electron chi connectivity index (χ3n) is 3.50. The molecule has 0 aromatic carbocycles. The fourth-order valence-electron chi connectivity index (χ4n) is 2.40. The number of nitrogens with one attached hydrogen (secondary N) is 1. The van der Waals surface area contributed by atoms with Gasteiger partial charge in [-0.1, -0.05) is 0 Å². The summed E-state index contributed by atoms with van der Waals surface area (Å²) in [4.78, 5) is 14.2.